The molecular formula is C28H27N3O2. The predicted molar refractivity (Wildman–Crippen MR) is 131 cm³/mol. The van der Waals surface area contributed by atoms with E-state index in [1.54, 1.807) is 12.1 Å². The molecule has 33 heavy (non-hydrogen) atoms. The van der Waals surface area contributed by atoms with E-state index in [1.807, 2.05) is 53.2 Å². The number of hydrogen-bond acceptors (Lipinski definition) is 3. The Morgan fingerprint density at radius 1 is 0.909 bits per heavy atom. The molecule has 0 aliphatic rings. The Kier molecular flexibility index (Phi) is 7.10. The maximum atomic E-state index is 11.5. The molecule has 0 radical (unpaired) electrons. The zero-order valence-corrected chi connectivity index (χ0v) is 18.7. The molecule has 0 unspecified atom stereocenters. The second-order valence-electron chi connectivity index (χ2n) is 7.89. The van der Waals surface area contributed by atoms with Crippen LogP contribution in [0.5, 0.6) is 0 Å². The summed E-state index contributed by atoms with van der Waals surface area (Å²) in [5.74, 6) is 0.759. The van der Waals surface area contributed by atoms with E-state index < -0.39 is 5.97 Å². The van der Waals surface area contributed by atoms with Gasteiger partial charge in [0, 0.05) is 6.42 Å². The van der Waals surface area contributed by atoms with Gasteiger partial charge in [-0.05, 0) is 47.2 Å². The molecule has 0 spiro atoms. The smallest absolute Gasteiger partial charge is 0.336 e. The number of aromatic carboxylic acids is 1. The SMILES string of the molecule is CCC=Cc1nc(CCc2ccccc2)nn1Cc1ccc(-c2ccccc2C(=O)O)cc1. The molecule has 0 aliphatic carbocycles. The molecular weight excluding hydrogens is 410 g/mol. The van der Waals surface area contributed by atoms with Crippen LogP contribution in [0.4, 0.5) is 0 Å². The van der Waals surface area contributed by atoms with Crippen LogP contribution in [0.15, 0.2) is 84.9 Å². The Morgan fingerprint density at radius 2 is 1.64 bits per heavy atom. The number of benzene rings is 3. The van der Waals surface area contributed by atoms with Crippen LogP contribution in [0.2, 0.25) is 0 Å². The molecule has 3 aromatic carbocycles. The fraction of sp³-hybridized carbons (Fsp3) is 0.179. The molecule has 0 fully saturated rings. The molecule has 0 atom stereocenters. The number of carbonyl (C=O) groups is 1. The first-order valence-electron chi connectivity index (χ1n) is 11.2. The van der Waals surface area contributed by atoms with Crippen LogP contribution in [0.1, 0.15) is 46.5 Å². The van der Waals surface area contributed by atoms with Crippen molar-refractivity contribution in [2.75, 3.05) is 0 Å². The molecule has 1 N–H and O–H groups in total. The lowest BCUT2D eigenvalue weighted by Crippen LogP contribution is -2.05. The van der Waals surface area contributed by atoms with E-state index in [2.05, 4.69) is 37.3 Å². The first-order chi connectivity index (χ1) is 16.1. The van der Waals surface area contributed by atoms with Crippen LogP contribution >= 0.6 is 0 Å². The standard InChI is InChI=1S/C28H27N3O2/c1-2-3-13-27-29-26(19-16-21-9-5-4-6-10-21)30-31(27)20-22-14-17-23(18-15-22)24-11-7-8-12-25(24)28(32)33/h3-15,17-18H,2,16,19-20H2,1H3,(H,32,33). The van der Waals surface area contributed by atoms with Crippen LogP contribution in [0.25, 0.3) is 17.2 Å². The normalized spacial score (nSPS) is 11.2. The molecule has 166 valence electrons. The molecule has 0 saturated carbocycles. The summed E-state index contributed by atoms with van der Waals surface area (Å²) in [4.78, 5) is 16.3. The average Bonchev–Trinajstić information content (AvgIpc) is 3.24. The van der Waals surface area contributed by atoms with Gasteiger partial charge in [-0.2, -0.15) is 5.10 Å². The van der Waals surface area contributed by atoms with Crippen LogP contribution in [-0.4, -0.2) is 25.8 Å². The molecule has 0 amide bonds. The minimum atomic E-state index is -0.923. The maximum absolute atomic E-state index is 11.5. The lowest BCUT2D eigenvalue weighted by atomic mass is 9.99. The Morgan fingerprint density at radius 3 is 2.36 bits per heavy atom. The third kappa shape index (κ3) is 5.63. The lowest BCUT2D eigenvalue weighted by Gasteiger charge is -2.08. The maximum Gasteiger partial charge on any atom is 0.336 e. The van der Waals surface area contributed by atoms with Crippen molar-refractivity contribution in [3.8, 4) is 11.1 Å². The minimum absolute atomic E-state index is 0.302. The Bertz CT molecular complexity index is 1240. The number of aromatic nitrogens is 3. The van der Waals surface area contributed by atoms with E-state index in [0.717, 1.165) is 42.0 Å². The van der Waals surface area contributed by atoms with E-state index in [0.29, 0.717) is 17.7 Å². The molecule has 4 rings (SSSR count). The summed E-state index contributed by atoms with van der Waals surface area (Å²) < 4.78 is 1.94. The van der Waals surface area contributed by atoms with E-state index in [1.165, 1.54) is 5.56 Å². The van der Waals surface area contributed by atoms with Gasteiger partial charge in [0.15, 0.2) is 11.6 Å². The highest BCUT2D eigenvalue weighted by Gasteiger charge is 2.12. The van der Waals surface area contributed by atoms with Gasteiger partial charge in [-0.15, -0.1) is 0 Å². The summed E-state index contributed by atoms with van der Waals surface area (Å²) >= 11 is 0. The number of carboxylic acid groups (broad SMARTS) is 1. The van der Waals surface area contributed by atoms with Gasteiger partial charge in [-0.1, -0.05) is 85.8 Å². The van der Waals surface area contributed by atoms with Crippen molar-refractivity contribution >= 4 is 12.0 Å². The van der Waals surface area contributed by atoms with E-state index in [4.69, 9.17) is 10.1 Å². The number of carboxylic acids is 1. The van der Waals surface area contributed by atoms with Crippen molar-refractivity contribution in [1.29, 1.82) is 0 Å². The van der Waals surface area contributed by atoms with Crippen molar-refractivity contribution in [3.05, 3.63) is 113 Å². The summed E-state index contributed by atoms with van der Waals surface area (Å²) in [5.41, 5.74) is 4.25. The van der Waals surface area contributed by atoms with Gasteiger partial charge in [-0.3, -0.25) is 0 Å². The van der Waals surface area contributed by atoms with Crippen LogP contribution in [-0.2, 0) is 19.4 Å². The first-order valence-corrected chi connectivity index (χ1v) is 11.2. The molecule has 0 bridgehead atoms. The highest BCUT2D eigenvalue weighted by atomic mass is 16.4. The van der Waals surface area contributed by atoms with Crippen LogP contribution < -0.4 is 0 Å². The van der Waals surface area contributed by atoms with Crippen molar-refractivity contribution < 1.29 is 9.90 Å². The van der Waals surface area contributed by atoms with Gasteiger partial charge in [0.05, 0.1) is 12.1 Å². The summed E-state index contributed by atoms with van der Waals surface area (Å²) in [6.07, 6.45) is 6.74. The Labute approximate surface area is 194 Å². The van der Waals surface area contributed by atoms with E-state index >= 15 is 0 Å². The fourth-order valence-corrected chi connectivity index (χ4v) is 3.76. The van der Waals surface area contributed by atoms with Crippen LogP contribution in [0, 0.1) is 0 Å². The second kappa shape index (κ2) is 10.6. The second-order valence-corrected chi connectivity index (χ2v) is 7.89. The predicted octanol–water partition coefficient (Wildman–Crippen LogP) is 5.90. The summed E-state index contributed by atoms with van der Waals surface area (Å²) in [7, 11) is 0. The highest BCUT2D eigenvalue weighted by molar-refractivity contribution is 5.95. The minimum Gasteiger partial charge on any atom is -0.478 e. The molecule has 0 saturated heterocycles. The Hall–Kier alpha value is -3.99. The fourth-order valence-electron chi connectivity index (χ4n) is 3.76. The van der Waals surface area contributed by atoms with Crippen molar-refractivity contribution in [2.45, 2.75) is 32.7 Å². The quantitative estimate of drug-likeness (QED) is 0.354. The van der Waals surface area contributed by atoms with Gasteiger partial charge in [0.1, 0.15) is 0 Å². The van der Waals surface area contributed by atoms with Crippen molar-refractivity contribution in [1.82, 2.24) is 14.8 Å². The van der Waals surface area contributed by atoms with Gasteiger partial charge < -0.3 is 5.11 Å². The number of aryl methyl sites for hydroxylation is 2. The molecule has 1 aromatic heterocycles. The number of hydrogen-bond donors (Lipinski definition) is 1. The number of nitrogens with zero attached hydrogens (tertiary/aromatic N) is 3. The average molecular weight is 438 g/mol. The third-order valence-corrected chi connectivity index (χ3v) is 5.48. The molecule has 5 heteroatoms. The first kappa shape index (κ1) is 22.2. The topological polar surface area (TPSA) is 68.0 Å². The number of allylic oxidation sites excluding steroid dienone is 1. The van der Waals surface area contributed by atoms with Crippen molar-refractivity contribution in [3.63, 3.8) is 0 Å². The summed E-state index contributed by atoms with van der Waals surface area (Å²) in [6, 6.07) is 25.4. The zero-order chi connectivity index (χ0) is 23.0. The third-order valence-electron chi connectivity index (χ3n) is 5.48. The molecule has 4 aromatic rings. The van der Waals surface area contributed by atoms with Gasteiger partial charge in [0.25, 0.3) is 0 Å². The van der Waals surface area contributed by atoms with E-state index in [9.17, 15) is 9.90 Å². The summed E-state index contributed by atoms with van der Waals surface area (Å²) in [5, 5.41) is 14.2. The Balaban J connectivity index is 1.53. The van der Waals surface area contributed by atoms with E-state index in [-0.39, 0.29) is 0 Å². The summed E-state index contributed by atoms with van der Waals surface area (Å²) in [6.45, 7) is 2.70. The van der Waals surface area contributed by atoms with Gasteiger partial charge >= 0.3 is 5.97 Å². The largest absolute Gasteiger partial charge is 0.478 e. The molecule has 1 heterocycles. The van der Waals surface area contributed by atoms with Gasteiger partial charge in [0.2, 0.25) is 0 Å². The molecule has 5 nitrogen and oxygen atoms in total. The van der Waals surface area contributed by atoms with Gasteiger partial charge in [-0.25, -0.2) is 14.5 Å². The highest BCUT2D eigenvalue weighted by Crippen LogP contribution is 2.24. The molecule has 0 aliphatic heterocycles. The number of rotatable bonds is 9. The van der Waals surface area contributed by atoms with Crippen molar-refractivity contribution in [2.24, 2.45) is 0 Å². The zero-order valence-electron chi connectivity index (χ0n) is 18.7. The monoisotopic (exact) mass is 437 g/mol. The lowest BCUT2D eigenvalue weighted by molar-refractivity contribution is 0.0697. The van der Waals surface area contributed by atoms with Crippen LogP contribution in [0.3, 0.4) is 0 Å².